The molecular weight excluding hydrogens is 270 g/mol. The molecule has 2 unspecified atom stereocenters. The van der Waals surface area contributed by atoms with Crippen LogP contribution >= 0.6 is 0 Å². The lowest BCUT2D eigenvalue weighted by Crippen LogP contribution is -2.23. The summed E-state index contributed by atoms with van der Waals surface area (Å²) >= 11 is 0. The van der Waals surface area contributed by atoms with Crippen LogP contribution in [0.2, 0.25) is 0 Å². The molecule has 0 bridgehead atoms. The Balaban J connectivity index is 1.91. The number of rotatable bonds is 5. The quantitative estimate of drug-likeness (QED) is 0.701. The molecule has 1 saturated carbocycles. The average Bonchev–Trinajstić information content (AvgIpc) is 3.12. The summed E-state index contributed by atoms with van der Waals surface area (Å²) in [5, 5.41) is 11.2. The van der Waals surface area contributed by atoms with Gasteiger partial charge in [-0.2, -0.15) is 5.10 Å². The number of nitrogens with zero attached hydrogens (tertiary/aromatic N) is 2. The summed E-state index contributed by atoms with van der Waals surface area (Å²) < 4.78 is 6.64. The van der Waals surface area contributed by atoms with E-state index in [9.17, 15) is 4.79 Å². The van der Waals surface area contributed by atoms with Crippen molar-refractivity contribution in [3.63, 3.8) is 0 Å². The van der Waals surface area contributed by atoms with Gasteiger partial charge in [-0.1, -0.05) is 0 Å². The predicted octanol–water partition coefficient (Wildman–Crippen LogP) is 0.997. The van der Waals surface area contributed by atoms with Gasteiger partial charge >= 0.3 is 5.97 Å². The molecule has 7 heteroatoms. The molecule has 0 amide bonds. The Morgan fingerprint density at radius 2 is 2.29 bits per heavy atom. The topological polar surface area (TPSA) is 94.2 Å². The van der Waals surface area contributed by atoms with Crippen LogP contribution < -0.4 is 16.4 Å². The van der Waals surface area contributed by atoms with Crippen molar-refractivity contribution in [1.82, 2.24) is 15.1 Å². The second kappa shape index (κ2) is 5.55. The highest BCUT2D eigenvalue weighted by atomic mass is 16.5. The standard InChI is InChI=1S/C14H23N5O2/c1-8(9-3-4-9)19-12(15)11(14(20)21-2)13(18-19)17-10-5-6-16-7-10/h8-10,16H,3-7,15H2,1-2H3,(H,17,18). The molecule has 116 valence electrons. The fraction of sp³-hybridized carbons (Fsp3) is 0.714. The molecule has 2 atom stereocenters. The van der Waals surface area contributed by atoms with Crippen molar-refractivity contribution in [1.29, 1.82) is 0 Å². The number of hydrogen-bond donors (Lipinski definition) is 3. The van der Waals surface area contributed by atoms with Crippen LogP contribution in [0.3, 0.4) is 0 Å². The molecule has 2 heterocycles. The van der Waals surface area contributed by atoms with Crippen LogP contribution in [0.1, 0.15) is 42.6 Å². The Bertz CT molecular complexity index is 532. The smallest absolute Gasteiger partial charge is 0.345 e. The number of carbonyl (C=O) groups is 1. The molecule has 3 rings (SSSR count). The average molecular weight is 293 g/mol. The highest BCUT2D eigenvalue weighted by Gasteiger charge is 2.34. The fourth-order valence-electron chi connectivity index (χ4n) is 2.91. The summed E-state index contributed by atoms with van der Waals surface area (Å²) in [4.78, 5) is 12.0. The van der Waals surface area contributed by atoms with E-state index in [0.29, 0.717) is 23.1 Å². The number of carbonyl (C=O) groups excluding carboxylic acids is 1. The van der Waals surface area contributed by atoms with Crippen LogP contribution in [0.4, 0.5) is 11.6 Å². The zero-order valence-electron chi connectivity index (χ0n) is 12.6. The third-order valence-corrected chi connectivity index (χ3v) is 4.43. The zero-order valence-corrected chi connectivity index (χ0v) is 12.6. The highest BCUT2D eigenvalue weighted by Crippen LogP contribution is 2.41. The number of nitrogens with two attached hydrogens (primary N) is 1. The summed E-state index contributed by atoms with van der Waals surface area (Å²) in [5.41, 5.74) is 6.52. The van der Waals surface area contributed by atoms with E-state index in [0.717, 1.165) is 19.5 Å². The fourth-order valence-corrected chi connectivity index (χ4v) is 2.91. The first-order valence-corrected chi connectivity index (χ1v) is 7.55. The van der Waals surface area contributed by atoms with Gasteiger partial charge in [0.2, 0.25) is 0 Å². The minimum Gasteiger partial charge on any atom is -0.465 e. The van der Waals surface area contributed by atoms with Gasteiger partial charge in [0.25, 0.3) is 0 Å². The molecule has 0 radical (unpaired) electrons. The van der Waals surface area contributed by atoms with Gasteiger partial charge in [0, 0.05) is 12.6 Å². The van der Waals surface area contributed by atoms with Crippen LogP contribution in [0.15, 0.2) is 0 Å². The van der Waals surface area contributed by atoms with Crippen molar-refractivity contribution >= 4 is 17.6 Å². The first-order valence-electron chi connectivity index (χ1n) is 7.55. The Morgan fingerprint density at radius 3 is 2.86 bits per heavy atom. The molecule has 0 aromatic carbocycles. The number of methoxy groups -OCH3 is 1. The van der Waals surface area contributed by atoms with Gasteiger partial charge in [0.05, 0.1) is 13.2 Å². The molecule has 2 fully saturated rings. The SMILES string of the molecule is COC(=O)c1c(NC2CCNC2)nn(C(C)C2CC2)c1N. The number of ether oxygens (including phenoxy) is 1. The zero-order chi connectivity index (χ0) is 15.0. The first kappa shape index (κ1) is 14.2. The lowest BCUT2D eigenvalue weighted by Gasteiger charge is -2.12. The van der Waals surface area contributed by atoms with Crippen molar-refractivity contribution in [3.05, 3.63) is 5.56 Å². The Labute approximate surface area is 124 Å². The van der Waals surface area contributed by atoms with E-state index >= 15 is 0 Å². The summed E-state index contributed by atoms with van der Waals surface area (Å²) in [6.07, 6.45) is 3.40. The summed E-state index contributed by atoms with van der Waals surface area (Å²) in [6, 6.07) is 0.484. The number of anilines is 2. The van der Waals surface area contributed by atoms with E-state index in [-0.39, 0.29) is 12.1 Å². The van der Waals surface area contributed by atoms with Crippen LogP contribution in [0.5, 0.6) is 0 Å². The maximum Gasteiger partial charge on any atom is 0.345 e. The summed E-state index contributed by atoms with van der Waals surface area (Å²) in [6.45, 7) is 3.94. The minimum atomic E-state index is -0.435. The van der Waals surface area contributed by atoms with Crippen molar-refractivity contribution in [2.45, 2.75) is 38.3 Å². The lowest BCUT2D eigenvalue weighted by atomic mass is 10.2. The highest BCUT2D eigenvalue weighted by molar-refractivity contribution is 5.99. The van der Waals surface area contributed by atoms with Crippen LogP contribution in [-0.2, 0) is 4.74 Å². The van der Waals surface area contributed by atoms with Crippen molar-refractivity contribution in [3.8, 4) is 0 Å². The molecule has 1 aliphatic heterocycles. The van der Waals surface area contributed by atoms with Crippen molar-refractivity contribution < 1.29 is 9.53 Å². The van der Waals surface area contributed by atoms with Crippen LogP contribution in [0.25, 0.3) is 0 Å². The van der Waals surface area contributed by atoms with E-state index in [1.807, 2.05) is 0 Å². The maximum absolute atomic E-state index is 12.0. The maximum atomic E-state index is 12.0. The number of aromatic nitrogens is 2. The van der Waals surface area contributed by atoms with E-state index in [4.69, 9.17) is 10.5 Å². The molecule has 7 nitrogen and oxygen atoms in total. The Morgan fingerprint density at radius 1 is 1.52 bits per heavy atom. The normalized spacial score (nSPS) is 23.0. The summed E-state index contributed by atoms with van der Waals surface area (Å²) in [5.74, 6) is 1.11. The first-order chi connectivity index (χ1) is 10.1. The van der Waals surface area contributed by atoms with Gasteiger partial charge in [-0.25, -0.2) is 9.48 Å². The van der Waals surface area contributed by atoms with Gasteiger partial charge in [-0.05, 0) is 38.6 Å². The van der Waals surface area contributed by atoms with E-state index in [1.54, 1.807) is 4.68 Å². The Hall–Kier alpha value is -1.76. The van der Waals surface area contributed by atoms with Gasteiger partial charge in [-0.15, -0.1) is 0 Å². The third-order valence-electron chi connectivity index (χ3n) is 4.43. The van der Waals surface area contributed by atoms with Crippen LogP contribution in [0, 0.1) is 5.92 Å². The van der Waals surface area contributed by atoms with Gasteiger partial charge in [-0.3, -0.25) is 0 Å². The molecule has 2 aliphatic rings. The summed E-state index contributed by atoms with van der Waals surface area (Å²) in [7, 11) is 1.37. The van der Waals surface area contributed by atoms with Gasteiger partial charge in [0.15, 0.2) is 5.82 Å². The molecule has 1 aromatic heterocycles. The third kappa shape index (κ3) is 2.70. The Kier molecular flexibility index (Phi) is 3.75. The predicted molar refractivity (Wildman–Crippen MR) is 80.3 cm³/mol. The van der Waals surface area contributed by atoms with Gasteiger partial charge < -0.3 is 21.1 Å². The molecule has 21 heavy (non-hydrogen) atoms. The van der Waals surface area contributed by atoms with Crippen LogP contribution in [-0.4, -0.2) is 42.0 Å². The van der Waals surface area contributed by atoms with E-state index in [1.165, 1.54) is 20.0 Å². The minimum absolute atomic E-state index is 0.214. The number of hydrogen-bond acceptors (Lipinski definition) is 6. The second-order valence-electron chi connectivity index (χ2n) is 5.96. The number of nitrogen functional groups attached to an aromatic ring is 1. The molecule has 1 aromatic rings. The monoisotopic (exact) mass is 293 g/mol. The molecule has 0 spiro atoms. The number of nitrogens with one attached hydrogen (secondary N) is 2. The van der Waals surface area contributed by atoms with Gasteiger partial charge in [0.1, 0.15) is 11.4 Å². The second-order valence-corrected chi connectivity index (χ2v) is 5.96. The molecular formula is C14H23N5O2. The van der Waals surface area contributed by atoms with E-state index < -0.39 is 5.97 Å². The largest absolute Gasteiger partial charge is 0.465 e. The lowest BCUT2D eigenvalue weighted by molar-refractivity contribution is 0.0603. The van der Waals surface area contributed by atoms with Crippen molar-refractivity contribution in [2.75, 3.05) is 31.2 Å². The number of esters is 1. The molecule has 4 N–H and O–H groups in total. The molecule has 1 aliphatic carbocycles. The molecule has 1 saturated heterocycles. The van der Waals surface area contributed by atoms with Crippen molar-refractivity contribution in [2.24, 2.45) is 5.92 Å². The van der Waals surface area contributed by atoms with E-state index in [2.05, 4.69) is 22.7 Å².